The fraction of sp³-hybridized carbons (Fsp3) is 0.577. The van der Waals surface area contributed by atoms with Gasteiger partial charge >= 0.3 is 5.97 Å². The summed E-state index contributed by atoms with van der Waals surface area (Å²) >= 11 is 0. The molecule has 3 atom stereocenters. The number of guanidine groups is 1. The van der Waals surface area contributed by atoms with Crippen LogP contribution in [0.3, 0.4) is 0 Å². The second-order valence-corrected chi connectivity index (χ2v) is 12.5. The number of sulfonamides is 1. The van der Waals surface area contributed by atoms with Crippen molar-refractivity contribution in [2.75, 3.05) is 33.2 Å². The highest BCUT2D eigenvalue weighted by Crippen LogP contribution is 2.27. The predicted octanol–water partition coefficient (Wildman–Crippen LogP) is 1.79. The SMILES string of the molecule is C[C@H]1CCN(C(=O)[C@H](CC2=CCCN(C(=N)N)C2)NS(=O)(=O)c2ccc3c(c2)CN(C)CC3)[C@H](C(=O)O)C1.Cl.Cl. The average Bonchev–Trinajstić information content (AvgIpc) is 2.87. The monoisotopic (exact) mass is 618 g/mol. The lowest BCUT2D eigenvalue weighted by atomic mass is 9.91. The van der Waals surface area contributed by atoms with Crippen LogP contribution in [0, 0.1) is 11.3 Å². The zero-order chi connectivity index (χ0) is 27.6. The number of amides is 1. The van der Waals surface area contributed by atoms with Gasteiger partial charge in [-0.3, -0.25) is 10.2 Å². The number of carbonyl (C=O) groups is 2. The highest BCUT2D eigenvalue weighted by molar-refractivity contribution is 7.89. The van der Waals surface area contributed by atoms with E-state index < -0.39 is 34.0 Å². The third kappa shape index (κ3) is 7.88. The van der Waals surface area contributed by atoms with Gasteiger partial charge in [-0.1, -0.05) is 24.6 Å². The number of likely N-dealkylation sites (N-methyl/N-ethyl adjacent to an activating group) is 1. The maximum atomic E-state index is 13.8. The van der Waals surface area contributed by atoms with Gasteiger partial charge in [-0.25, -0.2) is 13.2 Å². The number of aliphatic carboxylic acids is 1. The maximum absolute atomic E-state index is 13.8. The Morgan fingerprint density at radius 1 is 1.18 bits per heavy atom. The molecule has 0 unspecified atom stereocenters. The van der Waals surface area contributed by atoms with Gasteiger partial charge in [0, 0.05) is 32.7 Å². The summed E-state index contributed by atoms with van der Waals surface area (Å²) in [6.07, 6.45) is 4.42. The summed E-state index contributed by atoms with van der Waals surface area (Å²) in [5.41, 5.74) is 8.49. The predicted molar refractivity (Wildman–Crippen MR) is 157 cm³/mol. The van der Waals surface area contributed by atoms with Crippen molar-refractivity contribution >= 4 is 52.7 Å². The zero-order valence-electron chi connectivity index (χ0n) is 22.8. The molecule has 1 saturated heterocycles. The van der Waals surface area contributed by atoms with Crippen molar-refractivity contribution in [1.29, 1.82) is 5.41 Å². The highest BCUT2D eigenvalue weighted by Gasteiger charge is 2.39. The fourth-order valence-corrected chi connectivity index (χ4v) is 6.78. The van der Waals surface area contributed by atoms with E-state index in [2.05, 4.69) is 9.62 Å². The number of nitrogens with two attached hydrogens (primary N) is 1. The molecule has 4 rings (SSSR count). The largest absolute Gasteiger partial charge is 0.480 e. The number of fused-ring (bicyclic) bond motifs is 1. The molecular weight excluding hydrogens is 579 g/mol. The van der Waals surface area contributed by atoms with Gasteiger partial charge in [0.25, 0.3) is 0 Å². The summed E-state index contributed by atoms with van der Waals surface area (Å²) in [7, 11) is -2.11. The minimum atomic E-state index is -4.09. The second-order valence-electron chi connectivity index (χ2n) is 10.8. The highest BCUT2D eigenvalue weighted by atomic mass is 35.5. The molecule has 0 aliphatic carbocycles. The number of carboxylic acids is 1. The normalized spacial score (nSPS) is 22.2. The molecule has 40 heavy (non-hydrogen) atoms. The number of carboxylic acid groups (broad SMARTS) is 1. The molecule has 3 aliphatic rings. The zero-order valence-corrected chi connectivity index (χ0v) is 25.3. The average molecular weight is 620 g/mol. The summed E-state index contributed by atoms with van der Waals surface area (Å²) in [6.45, 7) is 4.62. The topological polar surface area (TPSA) is 160 Å². The molecule has 0 radical (unpaired) electrons. The molecule has 14 heteroatoms. The third-order valence-electron chi connectivity index (χ3n) is 7.75. The Morgan fingerprint density at radius 2 is 1.90 bits per heavy atom. The van der Waals surface area contributed by atoms with E-state index in [9.17, 15) is 23.1 Å². The lowest BCUT2D eigenvalue weighted by Gasteiger charge is -2.38. The molecule has 0 spiro atoms. The first-order chi connectivity index (χ1) is 17.9. The van der Waals surface area contributed by atoms with Crippen LogP contribution in [0.5, 0.6) is 0 Å². The number of rotatable bonds is 7. The van der Waals surface area contributed by atoms with Crippen molar-refractivity contribution in [3.8, 4) is 0 Å². The van der Waals surface area contributed by atoms with E-state index in [1.54, 1.807) is 17.0 Å². The lowest BCUT2D eigenvalue weighted by molar-refractivity contribution is -0.153. The summed E-state index contributed by atoms with van der Waals surface area (Å²) < 4.78 is 29.8. The van der Waals surface area contributed by atoms with Gasteiger partial charge in [0.15, 0.2) is 5.96 Å². The molecule has 0 saturated carbocycles. The molecule has 3 heterocycles. The van der Waals surface area contributed by atoms with Crippen LogP contribution in [0.1, 0.15) is 43.7 Å². The van der Waals surface area contributed by atoms with Crippen molar-refractivity contribution in [3.63, 3.8) is 0 Å². The smallest absolute Gasteiger partial charge is 0.326 e. The van der Waals surface area contributed by atoms with Crippen LogP contribution in [0.15, 0.2) is 34.7 Å². The summed E-state index contributed by atoms with van der Waals surface area (Å²) in [5, 5.41) is 17.6. The molecule has 0 bridgehead atoms. The number of piperidine rings is 1. The fourth-order valence-electron chi connectivity index (χ4n) is 5.54. The van der Waals surface area contributed by atoms with Crippen molar-refractivity contribution in [2.24, 2.45) is 11.7 Å². The van der Waals surface area contributed by atoms with Gasteiger partial charge in [0.05, 0.1) is 4.90 Å². The molecule has 11 nitrogen and oxygen atoms in total. The molecule has 1 fully saturated rings. The molecule has 5 N–H and O–H groups in total. The van der Waals surface area contributed by atoms with E-state index in [1.165, 1.54) is 4.90 Å². The molecule has 1 aromatic carbocycles. The molecule has 224 valence electrons. The first-order valence-electron chi connectivity index (χ1n) is 13.1. The van der Waals surface area contributed by atoms with E-state index in [0.29, 0.717) is 38.9 Å². The maximum Gasteiger partial charge on any atom is 0.326 e. The number of nitrogens with one attached hydrogen (secondary N) is 2. The minimum absolute atomic E-state index is 0. The number of hydrogen-bond acceptors (Lipinski definition) is 6. The number of nitrogens with zero attached hydrogens (tertiary/aromatic N) is 3. The van der Waals surface area contributed by atoms with E-state index in [-0.39, 0.29) is 54.6 Å². The number of carbonyl (C=O) groups excluding carboxylic acids is 1. The van der Waals surface area contributed by atoms with Crippen molar-refractivity contribution in [3.05, 3.63) is 41.0 Å². The molecule has 3 aliphatic heterocycles. The Hall–Kier alpha value is -2.38. The van der Waals surface area contributed by atoms with E-state index >= 15 is 0 Å². The van der Waals surface area contributed by atoms with Crippen LogP contribution in [0.2, 0.25) is 0 Å². The van der Waals surface area contributed by atoms with Crippen LogP contribution < -0.4 is 10.5 Å². The van der Waals surface area contributed by atoms with Gasteiger partial charge in [0.2, 0.25) is 15.9 Å². The van der Waals surface area contributed by atoms with Gasteiger partial charge in [0.1, 0.15) is 12.1 Å². The molecule has 0 aromatic heterocycles. The van der Waals surface area contributed by atoms with Gasteiger partial charge in [-0.05, 0) is 68.3 Å². The Labute approximate surface area is 248 Å². The third-order valence-corrected chi connectivity index (χ3v) is 9.22. The Bertz CT molecular complexity index is 1240. The Balaban J connectivity index is 0.00000280. The van der Waals surface area contributed by atoms with Crippen molar-refractivity contribution in [1.82, 2.24) is 19.4 Å². The number of hydrogen-bond donors (Lipinski definition) is 4. The number of likely N-dealkylation sites (tertiary alicyclic amines) is 1. The summed E-state index contributed by atoms with van der Waals surface area (Å²) in [6, 6.07) is 2.86. The summed E-state index contributed by atoms with van der Waals surface area (Å²) in [5.74, 6) is -1.58. The van der Waals surface area contributed by atoms with Crippen LogP contribution in [-0.2, 0) is 32.6 Å². The van der Waals surface area contributed by atoms with Crippen LogP contribution in [-0.4, -0.2) is 91.4 Å². The Kier molecular flexibility index (Phi) is 11.8. The lowest BCUT2D eigenvalue weighted by Crippen LogP contribution is -2.56. The number of benzene rings is 1. The van der Waals surface area contributed by atoms with Crippen LogP contribution in [0.4, 0.5) is 0 Å². The first-order valence-corrected chi connectivity index (χ1v) is 14.6. The van der Waals surface area contributed by atoms with Crippen molar-refractivity contribution < 1.29 is 23.1 Å². The summed E-state index contributed by atoms with van der Waals surface area (Å²) in [4.78, 5) is 31.0. The first kappa shape index (κ1) is 33.8. The molecule has 1 aromatic rings. The van der Waals surface area contributed by atoms with Gasteiger partial charge < -0.3 is 25.5 Å². The number of halogens is 2. The van der Waals surface area contributed by atoms with Crippen molar-refractivity contribution in [2.45, 2.75) is 62.6 Å². The van der Waals surface area contributed by atoms with Gasteiger partial charge in [-0.2, -0.15) is 4.72 Å². The standard InChI is InChI=1S/C26H38N6O5S.2ClH/c1-17-7-11-32(23(12-17)25(34)35)24(33)22(13-18-4-3-9-31(15-18)26(27)28)29-38(36,37)21-6-5-19-8-10-30(2)16-20(19)14-21;;/h4-6,14,17,22-23,29H,3,7-13,15-16H2,1-2H3,(H3,27,28)(H,34,35);2*1H/t17-,22-,23-;;/m0../s1. The van der Waals surface area contributed by atoms with E-state index in [0.717, 1.165) is 29.7 Å². The quantitative estimate of drug-likeness (QED) is 0.204. The van der Waals surface area contributed by atoms with Crippen LogP contribution in [0.25, 0.3) is 0 Å². The van der Waals surface area contributed by atoms with E-state index in [1.807, 2.05) is 26.1 Å². The molecular formula is C26H40Cl2N6O5S. The second kappa shape index (κ2) is 14.0. The molecule has 1 amide bonds. The van der Waals surface area contributed by atoms with Crippen LogP contribution >= 0.6 is 24.8 Å². The van der Waals surface area contributed by atoms with E-state index in [4.69, 9.17) is 11.1 Å². The van der Waals surface area contributed by atoms with Gasteiger partial charge in [-0.15, -0.1) is 24.8 Å². The Morgan fingerprint density at radius 3 is 2.58 bits per heavy atom. The minimum Gasteiger partial charge on any atom is -0.480 e.